The van der Waals surface area contributed by atoms with E-state index in [1.54, 1.807) is 13.8 Å². The molecule has 0 aliphatic carbocycles. The highest BCUT2D eigenvalue weighted by Gasteiger charge is 2.40. The lowest BCUT2D eigenvalue weighted by Crippen LogP contribution is -2.52. The topological polar surface area (TPSA) is 143 Å². The molecular weight excluding hydrogens is 539 g/mol. The van der Waals surface area contributed by atoms with Gasteiger partial charge in [0.05, 0.1) is 40.2 Å². The summed E-state index contributed by atoms with van der Waals surface area (Å²) in [6.07, 6.45) is 0.384. The van der Waals surface area contributed by atoms with Gasteiger partial charge in [-0.05, 0) is 32.4 Å². The van der Waals surface area contributed by atoms with Crippen LogP contribution in [0.3, 0.4) is 0 Å². The van der Waals surface area contributed by atoms with Gasteiger partial charge in [0, 0.05) is 12.5 Å². The Hall–Kier alpha value is -3.84. The molecule has 38 heavy (non-hydrogen) atoms. The molecule has 0 saturated carbocycles. The molecule has 198 valence electrons. The second kappa shape index (κ2) is 9.48. The Bertz CT molecular complexity index is 1530. The van der Waals surface area contributed by atoms with Crippen LogP contribution in [0.5, 0.6) is 5.75 Å². The Kier molecular flexibility index (Phi) is 6.43. The fourth-order valence-corrected chi connectivity index (χ4v) is 5.73. The van der Waals surface area contributed by atoms with Crippen LogP contribution in [0.25, 0.3) is 10.2 Å². The highest BCUT2D eigenvalue weighted by molar-refractivity contribution is 7.18. The largest absolute Gasteiger partial charge is 0.494 e. The number of carbonyl (C=O) groups excluding carboxylic acids is 4. The molecule has 2 aliphatic heterocycles. The molecule has 1 atom stereocenters. The summed E-state index contributed by atoms with van der Waals surface area (Å²) in [4.78, 5) is 59.6. The van der Waals surface area contributed by atoms with Crippen molar-refractivity contribution in [2.45, 2.75) is 44.8 Å². The van der Waals surface area contributed by atoms with Crippen molar-refractivity contribution in [3.8, 4) is 5.75 Å². The molecule has 0 spiro atoms. The maximum Gasteiger partial charge on any atom is 0.321 e. The van der Waals surface area contributed by atoms with E-state index in [4.69, 9.17) is 16.3 Å². The van der Waals surface area contributed by atoms with E-state index in [9.17, 15) is 23.6 Å². The molecule has 4 heterocycles. The van der Waals surface area contributed by atoms with E-state index in [1.807, 2.05) is 0 Å². The van der Waals surface area contributed by atoms with Crippen LogP contribution in [0.4, 0.5) is 15.0 Å². The number of hydrogen-bond acceptors (Lipinski definition) is 8. The molecule has 3 aromatic rings. The summed E-state index contributed by atoms with van der Waals surface area (Å²) >= 11 is 7.01. The number of carbonyl (C=O) groups is 4. The second-order valence-electron chi connectivity index (χ2n) is 9.37. The van der Waals surface area contributed by atoms with Crippen LogP contribution in [0, 0.1) is 5.82 Å². The summed E-state index contributed by atoms with van der Waals surface area (Å²) in [5.74, 6) is -1.35. The van der Waals surface area contributed by atoms with Crippen LogP contribution >= 0.6 is 22.9 Å². The van der Waals surface area contributed by atoms with Gasteiger partial charge in [0.25, 0.3) is 5.91 Å². The summed E-state index contributed by atoms with van der Waals surface area (Å²) in [5.41, 5.74) is 0.0233. The molecular formula is C24H22ClFN6O5S. The third-order valence-corrected chi connectivity index (χ3v) is 7.97. The normalized spacial score (nSPS) is 17.4. The standard InChI is InChI=1S/C24H22ClFN6O5S/c1-24(2,22-30-18-14(37-3)8-11(25)17(26)19(18)38-22)31-23(36)28-15-6-4-10-12(27-15)9-32(21(10)35)13-5-7-16(33)29-20(13)34/h4,6,8,13H,5,7,9H2,1-3H3,(H,29,33,34)(H2,27,28,31,36). The Morgan fingerprint density at radius 3 is 2.76 bits per heavy atom. The molecule has 2 aromatic heterocycles. The van der Waals surface area contributed by atoms with E-state index in [0.29, 0.717) is 27.5 Å². The van der Waals surface area contributed by atoms with Gasteiger partial charge in [0.1, 0.15) is 28.1 Å². The average molecular weight is 561 g/mol. The monoisotopic (exact) mass is 560 g/mol. The fourth-order valence-electron chi connectivity index (χ4n) is 4.40. The van der Waals surface area contributed by atoms with Gasteiger partial charge in [-0.3, -0.25) is 25.0 Å². The zero-order valence-corrected chi connectivity index (χ0v) is 22.1. The number of fused-ring (bicyclic) bond motifs is 2. The molecule has 0 radical (unpaired) electrons. The van der Waals surface area contributed by atoms with E-state index in [1.165, 1.54) is 30.2 Å². The minimum Gasteiger partial charge on any atom is -0.494 e. The third-order valence-electron chi connectivity index (χ3n) is 6.32. The number of nitrogens with one attached hydrogen (secondary N) is 3. The molecule has 3 N–H and O–H groups in total. The number of ether oxygens (including phenoxy) is 1. The number of hydrogen-bond donors (Lipinski definition) is 3. The van der Waals surface area contributed by atoms with Crippen LogP contribution in [-0.2, 0) is 21.7 Å². The molecule has 1 unspecified atom stereocenters. The van der Waals surface area contributed by atoms with E-state index >= 15 is 0 Å². The lowest BCUT2D eigenvalue weighted by molar-refractivity contribution is -0.136. The fraction of sp³-hybridized carbons (Fsp3) is 0.333. The van der Waals surface area contributed by atoms with Gasteiger partial charge in [0.15, 0.2) is 5.82 Å². The number of anilines is 1. The molecule has 2 aliphatic rings. The van der Waals surface area contributed by atoms with Gasteiger partial charge < -0.3 is 15.0 Å². The van der Waals surface area contributed by atoms with Crippen LogP contribution in [-0.4, -0.2) is 51.8 Å². The second-order valence-corrected chi connectivity index (χ2v) is 10.8. The maximum atomic E-state index is 14.6. The van der Waals surface area contributed by atoms with Gasteiger partial charge >= 0.3 is 6.03 Å². The molecule has 1 saturated heterocycles. The number of urea groups is 1. The quantitative estimate of drug-likeness (QED) is 0.406. The molecule has 0 bridgehead atoms. The Morgan fingerprint density at radius 1 is 1.29 bits per heavy atom. The summed E-state index contributed by atoms with van der Waals surface area (Å²) in [6, 6.07) is 3.00. The number of benzene rings is 1. The number of imide groups is 1. The lowest BCUT2D eigenvalue weighted by Gasteiger charge is -2.29. The number of amides is 5. The first-order valence-corrected chi connectivity index (χ1v) is 12.7. The Morgan fingerprint density at radius 2 is 2.05 bits per heavy atom. The molecule has 14 heteroatoms. The molecule has 5 amide bonds. The minimum absolute atomic E-state index is 0.0741. The predicted octanol–water partition coefficient (Wildman–Crippen LogP) is 3.31. The number of nitrogens with zero attached hydrogens (tertiary/aromatic N) is 3. The first-order valence-electron chi connectivity index (χ1n) is 11.5. The highest BCUT2D eigenvalue weighted by atomic mass is 35.5. The summed E-state index contributed by atoms with van der Waals surface area (Å²) < 4.78 is 20.1. The maximum absolute atomic E-state index is 14.6. The van der Waals surface area contributed by atoms with E-state index in [2.05, 4.69) is 25.9 Å². The first kappa shape index (κ1) is 25.8. The van der Waals surface area contributed by atoms with Gasteiger partial charge in [0.2, 0.25) is 11.8 Å². The number of rotatable bonds is 5. The van der Waals surface area contributed by atoms with Crippen LogP contribution in [0.2, 0.25) is 5.02 Å². The summed E-state index contributed by atoms with van der Waals surface area (Å²) in [6.45, 7) is 3.50. The van der Waals surface area contributed by atoms with Gasteiger partial charge in [-0.2, -0.15) is 0 Å². The smallest absolute Gasteiger partial charge is 0.321 e. The van der Waals surface area contributed by atoms with Crippen molar-refractivity contribution in [2.24, 2.45) is 0 Å². The van der Waals surface area contributed by atoms with Gasteiger partial charge in [-0.25, -0.2) is 19.2 Å². The number of methoxy groups -OCH3 is 1. The number of thiazole rings is 1. The molecule has 1 fully saturated rings. The predicted molar refractivity (Wildman–Crippen MR) is 137 cm³/mol. The number of piperidine rings is 1. The minimum atomic E-state index is -1.01. The molecule has 11 nitrogen and oxygen atoms in total. The molecule has 5 rings (SSSR count). The Labute approximate surface area is 224 Å². The molecule has 1 aromatic carbocycles. The van der Waals surface area contributed by atoms with Crippen molar-refractivity contribution in [1.29, 1.82) is 0 Å². The van der Waals surface area contributed by atoms with Crippen LogP contribution in [0.15, 0.2) is 18.2 Å². The van der Waals surface area contributed by atoms with Crippen molar-refractivity contribution in [3.05, 3.63) is 45.3 Å². The van der Waals surface area contributed by atoms with E-state index in [-0.39, 0.29) is 46.7 Å². The highest BCUT2D eigenvalue weighted by Crippen LogP contribution is 2.39. The number of aromatic nitrogens is 2. The number of halogens is 2. The zero-order valence-electron chi connectivity index (χ0n) is 20.5. The third kappa shape index (κ3) is 4.52. The zero-order chi connectivity index (χ0) is 27.4. The van der Waals surface area contributed by atoms with Gasteiger partial charge in [-0.15, -0.1) is 11.3 Å². The number of pyridine rings is 1. The van der Waals surface area contributed by atoms with Crippen molar-refractivity contribution in [2.75, 3.05) is 12.4 Å². The summed E-state index contributed by atoms with van der Waals surface area (Å²) in [7, 11) is 1.43. The van der Waals surface area contributed by atoms with Gasteiger partial charge in [-0.1, -0.05) is 11.6 Å². The van der Waals surface area contributed by atoms with E-state index in [0.717, 1.165) is 11.3 Å². The summed E-state index contributed by atoms with van der Waals surface area (Å²) in [5, 5.41) is 8.02. The van der Waals surface area contributed by atoms with E-state index < -0.39 is 29.3 Å². The average Bonchev–Trinajstić information content (AvgIpc) is 3.44. The first-order chi connectivity index (χ1) is 18.0. The van der Waals surface area contributed by atoms with Crippen molar-refractivity contribution >= 4 is 62.7 Å². The van der Waals surface area contributed by atoms with Crippen molar-refractivity contribution < 1.29 is 28.3 Å². The van der Waals surface area contributed by atoms with Crippen molar-refractivity contribution in [3.63, 3.8) is 0 Å². The SMILES string of the molecule is COc1cc(Cl)c(F)c2sc(C(C)(C)NC(=O)Nc3ccc4c(n3)CN(C3CCC(=O)NC3=O)C4=O)nc12. The van der Waals surface area contributed by atoms with Crippen molar-refractivity contribution in [1.82, 2.24) is 25.5 Å². The van der Waals surface area contributed by atoms with Crippen LogP contribution < -0.4 is 20.7 Å². The Balaban J connectivity index is 1.30. The lowest BCUT2D eigenvalue weighted by atomic mass is 10.0. The van der Waals surface area contributed by atoms with Crippen LogP contribution in [0.1, 0.15) is 47.7 Å².